The Morgan fingerprint density at radius 3 is 2.58 bits per heavy atom. The summed E-state index contributed by atoms with van der Waals surface area (Å²) in [6.07, 6.45) is 5.80. The third-order valence-electron chi connectivity index (χ3n) is 3.84. The van der Waals surface area contributed by atoms with Gasteiger partial charge in [0, 0.05) is 6.54 Å². The lowest BCUT2D eigenvalue weighted by atomic mass is 10.0. The zero-order valence-corrected chi connectivity index (χ0v) is 12.1. The summed E-state index contributed by atoms with van der Waals surface area (Å²) in [5.74, 6) is 0.510. The van der Waals surface area contributed by atoms with Crippen LogP contribution in [0, 0.1) is 5.92 Å². The zero-order chi connectivity index (χ0) is 14.0. The summed E-state index contributed by atoms with van der Waals surface area (Å²) in [6, 6.07) is -0.561. The maximum atomic E-state index is 12.5. The monoisotopic (exact) mass is 264 g/mol. The second-order valence-corrected chi connectivity index (χ2v) is 5.90. The van der Waals surface area contributed by atoms with Crippen molar-refractivity contribution in [3.05, 3.63) is 11.6 Å². The second-order valence-electron chi connectivity index (χ2n) is 5.90. The van der Waals surface area contributed by atoms with Gasteiger partial charge >= 0.3 is 0 Å². The largest absolute Gasteiger partial charge is 0.342 e. The number of nitrogens with one attached hydrogen (secondary N) is 1. The molecule has 1 saturated heterocycles. The van der Waals surface area contributed by atoms with Crippen molar-refractivity contribution in [2.45, 2.75) is 58.5 Å². The number of carbonyl (C=O) groups is 2. The number of rotatable bonds is 5. The summed E-state index contributed by atoms with van der Waals surface area (Å²) < 4.78 is 0. The lowest BCUT2D eigenvalue weighted by molar-refractivity contribution is -0.149. The quantitative estimate of drug-likeness (QED) is 0.771. The van der Waals surface area contributed by atoms with Gasteiger partial charge in [-0.15, -0.1) is 0 Å². The number of hydrogen-bond donors (Lipinski definition) is 1. The molecule has 106 valence electrons. The molecule has 0 aromatic carbocycles. The van der Waals surface area contributed by atoms with Crippen molar-refractivity contribution < 1.29 is 9.59 Å². The van der Waals surface area contributed by atoms with Crippen molar-refractivity contribution in [1.29, 1.82) is 0 Å². The number of nitrogens with zero attached hydrogens (tertiary/aromatic N) is 1. The molecule has 0 aromatic heterocycles. The van der Waals surface area contributed by atoms with Crippen LogP contribution in [0.25, 0.3) is 0 Å². The predicted molar refractivity (Wildman–Crippen MR) is 74.5 cm³/mol. The molecule has 2 amide bonds. The molecule has 2 fully saturated rings. The standard InChI is InChI=1S/C15H24N2O2/c1-4-5-12-15(19)17(9-8-10(2)3)13(11-6-7-11)14(18)16-12/h8,11-13H,4-7,9H2,1-3H3,(H,16,18). The number of allylic oxidation sites excluding steroid dienone is 1. The maximum Gasteiger partial charge on any atom is 0.246 e. The van der Waals surface area contributed by atoms with E-state index in [1.165, 1.54) is 5.57 Å². The SMILES string of the molecule is CCCC1NC(=O)C(C2CC2)N(CC=C(C)C)C1=O. The first-order valence-electron chi connectivity index (χ1n) is 7.28. The van der Waals surface area contributed by atoms with Crippen LogP contribution in [-0.2, 0) is 9.59 Å². The molecule has 1 saturated carbocycles. The smallest absolute Gasteiger partial charge is 0.246 e. The summed E-state index contributed by atoms with van der Waals surface area (Å²) in [7, 11) is 0. The molecule has 2 unspecified atom stereocenters. The molecule has 19 heavy (non-hydrogen) atoms. The summed E-state index contributed by atoms with van der Waals surface area (Å²) in [6.45, 7) is 6.64. The molecule has 2 atom stereocenters. The lowest BCUT2D eigenvalue weighted by Crippen LogP contribution is -2.63. The average Bonchev–Trinajstić information content (AvgIpc) is 3.15. The fourth-order valence-electron chi connectivity index (χ4n) is 2.65. The topological polar surface area (TPSA) is 49.4 Å². The highest BCUT2D eigenvalue weighted by atomic mass is 16.2. The van der Waals surface area contributed by atoms with E-state index in [9.17, 15) is 9.59 Å². The molecule has 2 aliphatic rings. The first kappa shape index (κ1) is 14.1. The number of carbonyl (C=O) groups excluding carboxylic acids is 2. The van der Waals surface area contributed by atoms with Gasteiger partial charge in [0.1, 0.15) is 12.1 Å². The van der Waals surface area contributed by atoms with Gasteiger partial charge in [-0.05, 0) is 39.0 Å². The number of amides is 2. The van der Waals surface area contributed by atoms with Gasteiger partial charge < -0.3 is 10.2 Å². The summed E-state index contributed by atoms with van der Waals surface area (Å²) in [5.41, 5.74) is 1.18. The van der Waals surface area contributed by atoms with Crippen LogP contribution in [0.2, 0.25) is 0 Å². The summed E-state index contributed by atoms with van der Waals surface area (Å²) in [4.78, 5) is 26.5. The Morgan fingerprint density at radius 1 is 1.37 bits per heavy atom. The predicted octanol–water partition coefficient (Wildman–Crippen LogP) is 1.86. The molecule has 4 heteroatoms. The minimum atomic E-state index is -0.321. The van der Waals surface area contributed by atoms with Crippen LogP contribution in [-0.4, -0.2) is 35.3 Å². The molecule has 0 bridgehead atoms. The molecule has 1 heterocycles. The van der Waals surface area contributed by atoms with E-state index >= 15 is 0 Å². The molecule has 1 aliphatic heterocycles. The molecular weight excluding hydrogens is 240 g/mol. The van der Waals surface area contributed by atoms with E-state index in [1.54, 1.807) is 4.90 Å². The van der Waals surface area contributed by atoms with Crippen molar-refractivity contribution in [1.82, 2.24) is 10.2 Å². The van der Waals surface area contributed by atoms with Crippen molar-refractivity contribution >= 4 is 11.8 Å². The van der Waals surface area contributed by atoms with Crippen LogP contribution in [0.3, 0.4) is 0 Å². The molecular formula is C15H24N2O2. The van der Waals surface area contributed by atoms with Crippen LogP contribution >= 0.6 is 0 Å². The average molecular weight is 264 g/mol. The highest BCUT2D eigenvalue weighted by molar-refractivity contribution is 5.97. The zero-order valence-electron chi connectivity index (χ0n) is 12.1. The summed E-state index contributed by atoms with van der Waals surface area (Å²) in [5, 5.41) is 2.91. The third-order valence-corrected chi connectivity index (χ3v) is 3.84. The van der Waals surface area contributed by atoms with Crippen molar-refractivity contribution in [3.8, 4) is 0 Å². The van der Waals surface area contributed by atoms with Crippen molar-refractivity contribution in [2.75, 3.05) is 6.54 Å². The Morgan fingerprint density at radius 2 is 2.05 bits per heavy atom. The van der Waals surface area contributed by atoms with E-state index in [-0.39, 0.29) is 23.9 Å². The Labute approximate surface area is 115 Å². The van der Waals surface area contributed by atoms with Crippen LogP contribution < -0.4 is 5.32 Å². The summed E-state index contributed by atoms with van der Waals surface area (Å²) >= 11 is 0. The van der Waals surface area contributed by atoms with Gasteiger partial charge in [0.2, 0.25) is 11.8 Å². The highest BCUT2D eigenvalue weighted by Gasteiger charge is 2.47. The minimum absolute atomic E-state index is 0.0442. The van der Waals surface area contributed by atoms with Crippen molar-refractivity contribution in [3.63, 3.8) is 0 Å². The molecule has 4 nitrogen and oxygen atoms in total. The van der Waals surface area contributed by atoms with E-state index in [2.05, 4.69) is 5.32 Å². The molecule has 2 rings (SSSR count). The van der Waals surface area contributed by atoms with Gasteiger partial charge in [-0.1, -0.05) is 25.0 Å². The van der Waals surface area contributed by atoms with Gasteiger partial charge in [-0.3, -0.25) is 9.59 Å². The van der Waals surface area contributed by atoms with Gasteiger partial charge in [-0.2, -0.15) is 0 Å². The number of hydrogen-bond acceptors (Lipinski definition) is 2. The van der Waals surface area contributed by atoms with Gasteiger partial charge in [0.15, 0.2) is 0 Å². The molecule has 0 aromatic rings. The van der Waals surface area contributed by atoms with E-state index < -0.39 is 0 Å². The molecule has 0 spiro atoms. The normalized spacial score (nSPS) is 27.2. The van der Waals surface area contributed by atoms with Crippen LogP contribution in [0.4, 0.5) is 0 Å². The third kappa shape index (κ3) is 3.17. The minimum Gasteiger partial charge on any atom is -0.342 e. The Kier molecular flexibility index (Phi) is 4.27. The highest BCUT2D eigenvalue weighted by Crippen LogP contribution is 2.37. The Bertz CT molecular complexity index is 395. The van der Waals surface area contributed by atoms with E-state index in [0.29, 0.717) is 12.5 Å². The van der Waals surface area contributed by atoms with Gasteiger partial charge in [0.05, 0.1) is 0 Å². The first-order chi connectivity index (χ1) is 9.04. The van der Waals surface area contributed by atoms with Crippen LogP contribution in [0.15, 0.2) is 11.6 Å². The Balaban J connectivity index is 2.16. The van der Waals surface area contributed by atoms with E-state index in [0.717, 1.165) is 25.7 Å². The molecule has 1 aliphatic carbocycles. The fraction of sp³-hybridized carbons (Fsp3) is 0.733. The molecule has 0 radical (unpaired) electrons. The van der Waals surface area contributed by atoms with Crippen LogP contribution in [0.5, 0.6) is 0 Å². The van der Waals surface area contributed by atoms with E-state index in [4.69, 9.17) is 0 Å². The number of piperazine rings is 1. The Hall–Kier alpha value is -1.32. The maximum absolute atomic E-state index is 12.5. The van der Waals surface area contributed by atoms with Gasteiger partial charge in [0.25, 0.3) is 0 Å². The van der Waals surface area contributed by atoms with Crippen molar-refractivity contribution in [2.24, 2.45) is 5.92 Å². The lowest BCUT2D eigenvalue weighted by Gasteiger charge is -2.38. The molecule has 1 N–H and O–H groups in total. The first-order valence-corrected chi connectivity index (χ1v) is 7.28. The van der Waals surface area contributed by atoms with E-state index in [1.807, 2.05) is 26.8 Å². The fourth-order valence-corrected chi connectivity index (χ4v) is 2.65. The van der Waals surface area contributed by atoms with Gasteiger partial charge in [-0.25, -0.2) is 0 Å². The second kappa shape index (κ2) is 5.76. The van der Waals surface area contributed by atoms with Crippen LogP contribution in [0.1, 0.15) is 46.5 Å².